The summed E-state index contributed by atoms with van der Waals surface area (Å²) in [4.78, 5) is 21.5. The number of nitro groups is 1. The number of rotatable bonds is 9. The third-order valence-electron chi connectivity index (χ3n) is 2.74. The molecule has 3 N–H and O–H groups in total. The normalized spacial score (nSPS) is 11.9. The topological polar surface area (TPSA) is 117 Å². The van der Waals surface area contributed by atoms with E-state index in [1.807, 2.05) is 0 Å². The standard InChI is InChI=1S/C13H19N3O5/c1-9(13(14)17)21-12-4-3-10(7-11(12)16(18)19)8-15-5-6-20-2/h3-4,7,9,15H,5-6,8H2,1-2H3,(H2,14,17). The van der Waals surface area contributed by atoms with Gasteiger partial charge < -0.3 is 20.5 Å². The van der Waals surface area contributed by atoms with Crippen molar-refractivity contribution in [2.45, 2.75) is 19.6 Å². The number of hydrogen-bond donors (Lipinski definition) is 2. The maximum absolute atomic E-state index is 11.1. The van der Waals surface area contributed by atoms with Gasteiger partial charge in [-0.25, -0.2) is 0 Å². The van der Waals surface area contributed by atoms with Crippen LogP contribution in [0.15, 0.2) is 18.2 Å². The predicted molar refractivity (Wildman–Crippen MR) is 76.0 cm³/mol. The van der Waals surface area contributed by atoms with Gasteiger partial charge >= 0.3 is 5.69 Å². The Morgan fingerprint density at radius 3 is 2.81 bits per heavy atom. The van der Waals surface area contributed by atoms with E-state index in [0.29, 0.717) is 19.7 Å². The predicted octanol–water partition coefficient (Wildman–Crippen LogP) is 0.583. The molecule has 21 heavy (non-hydrogen) atoms. The second-order valence-corrected chi connectivity index (χ2v) is 4.39. The summed E-state index contributed by atoms with van der Waals surface area (Å²) in [6.07, 6.45) is -0.936. The third-order valence-corrected chi connectivity index (χ3v) is 2.74. The van der Waals surface area contributed by atoms with E-state index < -0.39 is 16.9 Å². The van der Waals surface area contributed by atoms with E-state index in [2.05, 4.69) is 5.32 Å². The van der Waals surface area contributed by atoms with Gasteiger partial charge in [-0.1, -0.05) is 6.07 Å². The van der Waals surface area contributed by atoms with Crippen molar-refractivity contribution in [1.82, 2.24) is 5.32 Å². The fourth-order valence-corrected chi connectivity index (χ4v) is 1.57. The van der Waals surface area contributed by atoms with E-state index in [1.165, 1.54) is 19.1 Å². The van der Waals surface area contributed by atoms with Crippen LogP contribution in [0, 0.1) is 10.1 Å². The number of nitrogens with two attached hydrogens (primary N) is 1. The average Bonchev–Trinajstić information content (AvgIpc) is 2.44. The molecule has 1 aromatic rings. The highest BCUT2D eigenvalue weighted by Crippen LogP contribution is 2.28. The maximum Gasteiger partial charge on any atom is 0.311 e. The molecule has 0 saturated carbocycles. The molecule has 0 bridgehead atoms. The zero-order valence-corrected chi connectivity index (χ0v) is 12.0. The van der Waals surface area contributed by atoms with Crippen LogP contribution in [0.2, 0.25) is 0 Å². The van der Waals surface area contributed by atoms with Crippen molar-refractivity contribution < 1.29 is 19.2 Å². The lowest BCUT2D eigenvalue weighted by Gasteiger charge is -2.12. The van der Waals surface area contributed by atoms with Crippen LogP contribution in [0.4, 0.5) is 5.69 Å². The highest BCUT2D eigenvalue weighted by molar-refractivity contribution is 5.78. The minimum absolute atomic E-state index is 0.0203. The SMILES string of the molecule is COCCNCc1ccc(OC(C)C(N)=O)c([N+](=O)[O-])c1. The Morgan fingerprint density at radius 2 is 2.24 bits per heavy atom. The Bertz CT molecular complexity index is 507. The van der Waals surface area contributed by atoms with Gasteiger partial charge in [0.25, 0.3) is 5.91 Å². The molecule has 0 radical (unpaired) electrons. The monoisotopic (exact) mass is 297 g/mol. The molecule has 1 unspecified atom stereocenters. The number of nitro benzene ring substituents is 1. The summed E-state index contributed by atoms with van der Waals surface area (Å²) < 4.78 is 10.1. The molecule has 1 amide bonds. The van der Waals surface area contributed by atoms with Crippen molar-refractivity contribution in [3.63, 3.8) is 0 Å². The summed E-state index contributed by atoms with van der Waals surface area (Å²) in [7, 11) is 1.60. The number of carbonyl (C=O) groups is 1. The van der Waals surface area contributed by atoms with Gasteiger partial charge in [0.2, 0.25) is 0 Å². The van der Waals surface area contributed by atoms with Gasteiger partial charge in [0.15, 0.2) is 11.9 Å². The second kappa shape index (κ2) is 8.18. The van der Waals surface area contributed by atoms with Gasteiger partial charge in [-0.05, 0) is 18.6 Å². The van der Waals surface area contributed by atoms with Gasteiger partial charge in [0, 0.05) is 26.3 Å². The molecule has 116 valence electrons. The van der Waals surface area contributed by atoms with Crippen molar-refractivity contribution in [3.8, 4) is 5.75 Å². The van der Waals surface area contributed by atoms with E-state index in [9.17, 15) is 14.9 Å². The zero-order chi connectivity index (χ0) is 15.8. The average molecular weight is 297 g/mol. The zero-order valence-electron chi connectivity index (χ0n) is 12.0. The number of benzene rings is 1. The van der Waals surface area contributed by atoms with Crippen molar-refractivity contribution >= 4 is 11.6 Å². The Balaban J connectivity index is 2.81. The van der Waals surface area contributed by atoms with E-state index >= 15 is 0 Å². The second-order valence-electron chi connectivity index (χ2n) is 4.39. The quantitative estimate of drug-likeness (QED) is 0.391. The first-order chi connectivity index (χ1) is 9.95. The van der Waals surface area contributed by atoms with Gasteiger partial charge in [-0.3, -0.25) is 14.9 Å². The number of nitrogens with zero attached hydrogens (tertiary/aromatic N) is 1. The highest BCUT2D eigenvalue weighted by atomic mass is 16.6. The van der Waals surface area contributed by atoms with Crippen molar-refractivity contribution in [1.29, 1.82) is 0 Å². The number of nitrogens with one attached hydrogen (secondary N) is 1. The van der Waals surface area contributed by atoms with Crippen LogP contribution in [0.1, 0.15) is 12.5 Å². The minimum Gasteiger partial charge on any atom is -0.474 e. The number of methoxy groups -OCH3 is 1. The number of ether oxygens (including phenoxy) is 2. The Hall–Kier alpha value is -2.19. The molecule has 1 rings (SSSR count). The molecule has 0 aliphatic rings. The molecule has 0 aliphatic heterocycles. The number of amides is 1. The lowest BCUT2D eigenvalue weighted by Crippen LogP contribution is -2.30. The van der Waals surface area contributed by atoms with Crippen LogP contribution in [-0.4, -0.2) is 37.2 Å². The van der Waals surface area contributed by atoms with Gasteiger partial charge in [0.05, 0.1) is 11.5 Å². The van der Waals surface area contributed by atoms with Crippen LogP contribution in [0.25, 0.3) is 0 Å². The molecular weight excluding hydrogens is 278 g/mol. The van der Waals surface area contributed by atoms with Gasteiger partial charge in [-0.2, -0.15) is 0 Å². The van der Waals surface area contributed by atoms with Crippen molar-refractivity contribution in [3.05, 3.63) is 33.9 Å². The van der Waals surface area contributed by atoms with E-state index in [0.717, 1.165) is 5.56 Å². The summed E-state index contributed by atoms with van der Waals surface area (Å²) >= 11 is 0. The molecule has 0 aromatic heterocycles. The fraction of sp³-hybridized carbons (Fsp3) is 0.462. The molecule has 0 fully saturated rings. The Kier molecular flexibility index (Phi) is 6.57. The molecule has 0 aliphatic carbocycles. The molecule has 1 aromatic carbocycles. The first-order valence-electron chi connectivity index (χ1n) is 6.38. The smallest absolute Gasteiger partial charge is 0.311 e. The largest absolute Gasteiger partial charge is 0.474 e. The van der Waals surface area contributed by atoms with E-state index in [4.69, 9.17) is 15.2 Å². The van der Waals surface area contributed by atoms with Crippen LogP contribution < -0.4 is 15.8 Å². The summed E-state index contributed by atoms with van der Waals surface area (Å²) in [6.45, 7) is 3.10. The first-order valence-corrected chi connectivity index (χ1v) is 6.38. The van der Waals surface area contributed by atoms with Gasteiger partial charge in [-0.15, -0.1) is 0 Å². The number of primary amides is 1. The number of hydrogen-bond acceptors (Lipinski definition) is 6. The lowest BCUT2D eigenvalue weighted by molar-refractivity contribution is -0.386. The lowest BCUT2D eigenvalue weighted by atomic mass is 10.2. The van der Waals surface area contributed by atoms with Gasteiger partial charge in [0.1, 0.15) is 0 Å². The van der Waals surface area contributed by atoms with Crippen molar-refractivity contribution in [2.24, 2.45) is 5.73 Å². The summed E-state index contributed by atoms with van der Waals surface area (Å²) in [5.41, 5.74) is 5.61. The molecule has 1 atom stereocenters. The first kappa shape index (κ1) is 16.9. The summed E-state index contributed by atoms with van der Waals surface area (Å²) in [6, 6.07) is 4.56. The molecule has 0 saturated heterocycles. The van der Waals surface area contributed by atoms with Crippen molar-refractivity contribution in [2.75, 3.05) is 20.3 Å². The molecular formula is C13H19N3O5. The molecule has 0 spiro atoms. The van der Waals surface area contributed by atoms with Crippen LogP contribution in [0.3, 0.4) is 0 Å². The summed E-state index contributed by atoms with van der Waals surface area (Å²) in [5, 5.41) is 14.2. The van der Waals surface area contributed by atoms with Crippen LogP contribution >= 0.6 is 0 Å². The molecule has 0 heterocycles. The minimum atomic E-state index is -0.936. The van der Waals surface area contributed by atoms with E-state index in [-0.39, 0.29) is 11.4 Å². The summed E-state index contributed by atoms with van der Waals surface area (Å²) in [5.74, 6) is -0.665. The molecule has 8 heteroatoms. The Morgan fingerprint density at radius 1 is 1.52 bits per heavy atom. The Labute approximate surface area is 122 Å². The fourth-order valence-electron chi connectivity index (χ4n) is 1.57. The number of carbonyl (C=O) groups excluding carboxylic acids is 1. The van der Waals surface area contributed by atoms with E-state index in [1.54, 1.807) is 13.2 Å². The van der Waals surface area contributed by atoms with Crippen LogP contribution in [0.5, 0.6) is 5.75 Å². The maximum atomic E-state index is 11.1. The molecule has 8 nitrogen and oxygen atoms in total. The van der Waals surface area contributed by atoms with Crippen LogP contribution in [-0.2, 0) is 16.1 Å². The third kappa shape index (κ3) is 5.36. The highest BCUT2D eigenvalue weighted by Gasteiger charge is 2.20.